The Morgan fingerprint density at radius 2 is 1.53 bits per heavy atom. The molecule has 5 aliphatic rings. The first-order valence-corrected chi connectivity index (χ1v) is 13.2. The summed E-state index contributed by atoms with van der Waals surface area (Å²) in [5, 5.41) is 3.59. The van der Waals surface area contributed by atoms with Gasteiger partial charge in [-0.05, 0) is 74.3 Å². The van der Waals surface area contributed by atoms with E-state index in [1.807, 2.05) is 18.5 Å². The van der Waals surface area contributed by atoms with E-state index in [9.17, 15) is 4.79 Å². The molecule has 2 aromatic rings. The second-order valence-electron chi connectivity index (χ2n) is 11.4. The van der Waals surface area contributed by atoms with Crippen molar-refractivity contribution >= 4 is 11.9 Å². The molecule has 0 spiro atoms. The van der Waals surface area contributed by atoms with Crippen molar-refractivity contribution in [1.82, 2.24) is 20.2 Å². The topological polar surface area (TPSA) is 61.4 Å². The Morgan fingerprint density at radius 1 is 0.912 bits per heavy atom. The molecular weight excluding hydrogens is 422 g/mol. The minimum absolute atomic E-state index is 0.0902. The lowest BCUT2D eigenvalue weighted by molar-refractivity contribution is -0.147. The first kappa shape index (κ1) is 22.0. The summed E-state index contributed by atoms with van der Waals surface area (Å²) in [6.07, 6.45) is 12.0. The SMILES string of the molecule is O=C(N[C@H](Cc1ccccc1)CN1CCN(c2ncccn2)CC1)C12CC3CC(CC(C3)C1)C2. The standard InChI is InChI=1S/C28H37N5O/c34-26(28-17-22-13-23(18-28)15-24(14-22)19-28)31-25(16-21-5-2-1-3-6-21)20-32-9-11-33(12-10-32)27-29-7-4-8-30-27/h1-8,22-25H,9-20H2,(H,31,34)/t22?,23?,24?,25-,28?/m1/s1. The van der Waals surface area contributed by atoms with Gasteiger partial charge in [0.15, 0.2) is 0 Å². The zero-order chi connectivity index (χ0) is 23.0. The van der Waals surface area contributed by atoms with Gasteiger partial charge in [-0.3, -0.25) is 9.69 Å². The Labute approximate surface area is 203 Å². The largest absolute Gasteiger partial charge is 0.351 e. The number of hydrogen-bond donors (Lipinski definition) is 1. The molecule has 0 unspecified atom stereocenters. The Balaban J connectivity index is 1.12. The van der Waals surface area contributed by atoms with Crippen LogP contribution in [-0.2, 0) is 11.2 Å². The van der Waals surface area contributed by atoms with E-state index in [4.69, 9.17) is 0 Å². The molecule has 5 fully saturated rings. The summed E-state index contributed by atoms with van der Waals surface area (Å²) in [4.78, 5) is 27.4. The molecule has 6 nitrogen and oxygen atoms in total. The van der Waals surface area contributed by atoms with E-state index < -0.39 is 0 Å². The number of hydrogen-bond acceptors (Lipinski definition) is 5. The van der Waals surface area contributed by atoms with Crippen LogP contribution < -0.4 is 10.2 Å². The molecule has 180 valence electrons. The quantitative estimate of drug-likeness (QED) is 0.686. The van der Waals surface area contributed by atoms with Crippen molar-refractivity contribution in [3.63, 3.8) is 0 Å². The predicted molar refractivity (Wildman–Crippen MR) is 133 cm³/mol. The van der Waals surface area contributed by atoms with E-state index in [0.717, 1.165) is 82.1 Å². The summed E-state index contributed by atoms with van der Waals surface area (Å²) in [5.74, 6) is 3.54. The zero-order valence-corrected chi connectivity index (χ0v) is 20.1. The van der Waals surface area contributed by atoms with Crippen LogP contribution in [0.1, 0.15) is 44.1 Å². The summed E-state index contributed by atoms with van der Waals surface area (Å²) < 4.78 is 0. The minimum atomic E-state index is -0.0902. The number of amides is 1. The highest BCUT2D eigenvalue weighted by Crippen LogP contribution is 2.60. The van der Waals surface area contributed by atoms with Crippen LogP contribution in [0.5, 0.6) is 0 Å². The summed E-state index contributed by atoms with van der Waals surface area (Å²) in [6, 6.07) is 12.7. The fourth-order valence-corrected chi connectivity index (χ4v) is 7.68. The van der Waals surface area contributed by atoms with Crippen LogP contribution in [0.15, 0.2) is 48.8 Å². The molecular formula is C28H37N5O. The maximum atomic E-state index is 13.8. The molecule has 0 radical (unpaired) electrons. The van der Waals surface area contributed by atoms with Crippen molar-refractivity contribution in [2.45, 2.75) is 51.0 Å². The Bertz CT molecular complexity index is 938. The van der Waals surface area contributed by atoms with Crippen molar-refractivity contribution in [3.8, 4) is 0 Å². The van der Waals surface area contributed by atoms with E-state index in [2.05, 4.69) is 55.4 Å². The van der Waals surface area contributed by atoms with Gasteiger partial charge >= 0.3 is 0 Å². The normalized spacial score (nSPS) is 31.4. The highest BCUT2D eigenvalue weighted by atomic mass is 16.2. The van der Waals surface area contributed by atoms with Gasteiger partial charge in [0.05, 0.1) is 0 Å². The molecule has 1 aromatic heterocycles. The molecule has 7 rings (SSSR count). The average Bonchev–Trinajstić information content (AvgIpc) is 2.85. The van der Waals surface area contributed by atoms with Gasteiger partial charge in [-0.1, -0.05) is 30.3 Å². The van der Waals surface area contributed by atoms with E-state index in [1.165, 1.54) is 24.8 Å². The summed E-state index contributed by atoms with van der Waals surface area (Å²) in [6.45, 7) is 4.68. The van der Waals surface area contributed by atoms with Crippen molar-refractivity contribution in [3.05, 3.63) is 54.4 Å². The number of piperazine rings is 1. The molecule has 1 N–H and O–H groups in total. The van der Waals surface area contributed by atoms with Gasteiger partial charge in [0.1, 0.15) is 0 Å². The number of nitrogens with zero attached hydrogens (tertiary/aromatic N) is 4. The average molecular weight is 460 g/mol. The number of aromatic nitrogens is 2. The Morgan fingerprint density at radius 3 is 2.15 bits per heavy atom. The van der Waals surface area contributed by atoms with E-state index in [1.54, 1.807) is 0 Å². The lowest BCUT2D eigenvalue weighted by Crippen LogP contribution is -2.58. The molecule has 1 saturated heterocycles. The van der Waals surface area contributed by atoms with Gasteiger partial charge < -0.3 is 10.2 Å². The third-order valence-corrected chi connectivity index (χ3v) is 8.87. The molecule has 6 heteroatoms. The monoisotopic (exact) mass is 459 g/mol. The van der Waals surface area contributed by atoms with Crippen LogP contribution in [0, 0.1) is 23.2 Å². The number of carbonyl (C=O) groups is 1. The molecule has 1 atom stereocenters. The number of anilines is 1. The fourth-order valence-electron chi connectivity index (χ4n) is 7.68. The van der Waals surface area contributed by atoms with Gasteiger partial charge in [-0.2, -0.15) is 0 Å². The highest BCUT2D eigenvalue weighted by Gasteiger charge is 2.54. The number of nitrogens with one attached hydrogen (secondary N) is 1. The van der Waals surface area contributed by atoms with Gasteiger partial charge in [0, 0.05) is 56.6 Å². The van der Waals surface area contributed by atoms with Gasteiger partial charge in [0.2, 0.25) is 11.9 Å². The van der Waals surface area contributed by atoms with Crippen molar-refractivity contribution in [1.29, 1.82) is 0 Å². The molecule has 4 saturated carbocycles. The van der Waals surface area contributed by atoms with E-state index in [-0.39, 0.29) is 11.5 Å². The lowest BCUT2D eigenvalue weighted by atomic mass is 9.49. The molecule has 1 amide bonds. The number of carbonyl (C=O) groups excluding carboxylic acids is 1. The molecule has 4 aliphatic carbocycles. The lowest BCUT2D eigenvalue weighted by Gasteiger charge is -2.56. The van der Waals surface area contributed by atoms with Crippen LogP contribution >= 0.6 is 0 Å². The smallest absolute Gasteiger partial charge is 0.226 e. The van der Waals surface area contributed by atoms with E-state index >= 15 is 0 Å². The Hall–Kier alpha value is -2.47. The number of rotatable bonds is 7. The maximum Gasteiger partial charge on any atom is 0.226 e. The molecule has 1 aliphatic heterocycles. The molecule has 34 heavy (non-hydrogen) atoms. The second-order valence-corrected chi connectivity index (χ2v) is 11.4. The van der Waals surface area contributed by atoms with Crippen molar-refractivity contribution in [2.24, 2.45) is 23.2 Å². The minimum Gasteiger partial charge on any atom is -0.351 e. The first-order chi connectivity index (χ1) is 16.6. The van der Waals surface area contributed by atoms with Gasteiger partial charge in [-0.15, -0.1) is 0 Å². The van der Waals surface area contributed by atoms with Gasteiger partial charge in [0.25, 0.3) is 0 Å². The van der Waals surface area contributed by atoms with Crippen LogP contribution in [0.4, 0.5) is 5.95 Å². The highest BCUT2D eigenvalue weighted by molar-refractivity contribution is 5.83. The third-order valence-electron chi connectivity index (χ3n) is 8.87. The summed E-state index contributed by atoms with van der Waals surface area (Å²) in [7, 11) is 0. The van der Waals surface area contributed by atoms with Crippen LogP contribution in [0.2, 0.25) is 0 Å². The van der Waals surface area contributed by atoms with Crippen LogP contribution in [0.25, 0.3) is 0 Å². The van der Waals surface area contributed by atoms with Crippen molar-refractivity contribution < 1.29 is 4.79 Å². The second kappa shape index (κ2) is 9.29. The van der Waals surface area contributed by atoms with Crippen LogP contribution in [0.3, 0.4) is 0 Å². The summed E-state index contributed by atoms with van der Waals surface area (Å²) in [5.41, 5.74) is 1.21. The predicted octanol–water partition coefficient (Wildman–Crippen LogP) is 3.54. The van der Waals surface area contributed by atoms with Crippen LogP contribution in [-0.4, -0.2) is 59.5 Å². The summed E-state index contributed by atoms with van der Waals surface area (Å²) >= 11 is 0. The first-order valence-electron chi connectivity index (χ1n) is 13.2. The van der Waals surface area contributed by atoms with E-state index in [0.29, 0.717) is 5.91 Å². The maximum absolute atomic E-state index is 13.8. The molecule has 4 bridgehead atoms. The third kappa shape index (κ3) is 4.57. The zero-order valence-electron chi connectivity index (χ0n) is 20.1. The molecule has 2 heterocycles. The van der Waals surface area contributed by atoms with Gasteiger partial charge in [-0.25, -0.2) is 9.97 Å². The van der Waals surface area contributed by atoms with Crippen molar-refractivity contribution in [2.75, 3.05) is 37.6 Å². The number of benzene rings is 1. The fraction of sp³-hybridized carbons (Fsp3) is 0.607. The Kier molecular flexibility index (Phi) is 6.02. The molecule has 1 aromatic carbocycles.